The molecule has 0 aliphatic heterocycles. The summed E-state index contributed by atoms with van der Waals surface area (Å²) in [4.78, 5) is 8.43. The Morgan fingerprint density at radius 1 is 1.89 bits per heavy atom. The van der Waals surface area contributed by atoms with Crippen LogP contribution in [0.5, 0.6) is 0 Å². The van der Waals surface area contributed by atoms with Gasteiger partial charge in [-0.1, -0.05) is 6.58 Å². The number of rotatable bonds is 4. The van der Waals surface area contributed by atoms with Crippen molar-refractivity contribution >= 4 is 6.29 Å². The summed E-state index contributed by atoms with van der Waals surface area (Å²) in [6.07, 6.45) is 0.903. The summed E-state index contributed by atoms with van der Waals surface area (Å²) in [6, 6.07) is 0. The molecule has 0 aliphatic rings. The van der Waals surface area contributed by atoms with Crippen LogP contribution in [0.25, 0.3) is 0 Å². The monoisotopic (exact) mass is 129 g/mol. The fourth-order valence-electron chi connectivity index (χ4n) is 0.462. The molecule has 1 unspecified atom stereocenters. The molecular weight excluding hydrogens is 116 g/mol. The maximum Gasteiger partial charge on any atom is 0.310 e. The van der Waals surface area contributed by atoms with E-state index in [4.69, 9.17) is 9.53 Å². The molecule has 1 atom stereocenters. The first-order valence-corrected chi connectivity index (χ1v) is 3.00. The minimum absolute atomic E-state index is 0.0694. The van der Waals surface area contributed by atoms with E-state index in [1.807, 2.05) is 13.8 Å². The third-order valence-corrected chi connectivity index (χ3v) is 1.10. The minimum atomic E-state index is -0.0694. The number of ether oxygens (including phenoxy) is 1. The van der Waals surface area contributed by atoms with Crippen LogP contribution in [0.15, 0.2) is 12.2 Å². The summed E-state index contributed by atoms with van der Waals surface area (Å²) < 4.78 is 5.10. The molecule has 0 saturated carbocycles. The molecule has 2 heteroatoms. The number of aldehydes is 1. The van der Waals surface area contributed by atoms with Gasteiger partial charge in [0.15, 0.2) is 0 Å². The van der Waals surface area contributed by atoms with Crippen LogP contribution >= 0.6 is 0 Å². The molecule has 0 rings (SSSR count). The zero-order chi connectivity index (χ0) is 7.28. The Balaban J connectivity index is 3.58. The van der Waals surface area contributed by atoms with Gasteiger partial charge < -0.3 is 4.74 Å². The van der Waals surface area contributed by atoms with E-state index < -0.39 is 0 Å². The normalized spacial score (nSPS) is 12.7. The first kappa shape index (κ1) is 8.37. The van der Waals surface area contributed by atoms with Gasteiger partial charge in [-0.05, 0) is 13.8 Å². The van der Waals surface area contributed by atoms with Gasteiger partial charge in [0.25, 0.3) is 0 Å². The van der Waals surface area contributed by atoms with Crippen molar-refractivity contribution in [1.82, 2.24) is 0 Å². The molecule has 0 bridgehead atoms. The van der Waals surface area contributed by atoms with Crippen LogP contribution in [0.4, 0.5) is 0 Å². The maximum absolute atomic E-state index is 8.43. The topological polar surface area (TPSA) is 30.6 Å². The van der Waals surface area contributed by atoms with Gasteiger partial charge in [0.1, 0.15) is 0 Å². The predicted octanol–water partition coefficient (Wildman–Crippen LogP) is 1.14. The Bertz CT molecular complexity index is 107. The fourth-order valence-corrected chi connectivity index (χ4v) is 0.462. The molecule has 0 radical (unpaired) electrons. The van der Waals surface area contributed by atoms with Crippen molar-refractivity contribution in [1.29, 1.82) is 0 Å². The van der Waals surface area contributed by atoms with Gasteiger partial charge >= 0.3 is 6.29 Å². The molecule has 0 amide bonds. The van der Waals surface area contributed by atoms with Gasteiger partial charge in [0.05, 0.1) is 11.7 Å². The second-order valence-electron chi connectivity index (χ2n) is 1.80. The first-order valence-electron chi connectivity index (χ1n) is 3.00. The molecule has 52 valence electrons. The van der Waals surface area contributed by atoms with Crippen molar-refractivity contribution in [3.05, 3.63) is 12.2 Å². The van der Waals surface area contributed by atoms with Gasteiger partial charge in [-0.15, -0.1) is 0 Å². The summed E-state index contributed by atoms with van der Waals surface area (Å²) in [5.74, 6) is 0. The maximum atomic E-state index is 8.43. The van der Waals surface area contributed by atoms with E-state index in [9.17, 15) is 0 Å². The lowest BCUT2D eigenvalue weighted by Gasteiger charge is -2.06. The highest BCUT2D eigenvalue weighted by Gasteiger charge is 2.05. The van der Waals surface area contributed by atoms with Crippen LogP contribution in [0.1, 0.15) is 13.8 Å². The van der Waals surface area contributed by atoms with Crippen molar-refractivity contribution in [3.8, 4) is 0 Å². The molecule has 0 aromatic heterocycles. The van der Waals surface area contributed by atoms with E-state index in [0.717, 1.165) is 6.29 Å². The minimum Gasteiger partial charge on any atom is -0.374 e. The molecule has 0 spiro atoms. The molecule has 0 saturated heterocycles. The zero-order valence-electron chi connectivity index (χ0n) is 5.92. The average Bonchev–Trinajstić information content (AvgIpc) is 1.87. The van der Waals surface area contributed by atoms with E-state index in [1.54, 1.807) is 0 Å². The summed E-state index contributed by atoms with van der Waals surface area (Å²) in [6.45, 7) is 7.96. The molecular formula is C7H13O2+. The van der Waals surface area contributed by atoms with E-state index in [1.165, 1.54) is 0 Å². The number of hydrogen-bond donors (Lipinski definition) is 0. The number of hydrogen-bond acceptors (Lipinski definition) is 1. The Morgan fingerprint density at radius 2 is 2.44 bits per heavy atom. The van der Waals surface area contributed by atoms with Crippen molar-refractivity contribution in [2.45, 2.75) is 20.0 Å². The zero-order valence-corrected chi connectivity index (χ0v) is 5.92. The molecule has 0 heterocycles. The van der Waals surface area contributed by atoms with E-state index in [2.05, 4.69) is 6.58 Å². The highest BCUT2D eigenvalue weighted by Crippen LogP contribution is 1.98. The number of carbonyl (C=O) groups excluding carboxylic acids is 1. The van der Waals surface area contributed by atoms with Crippen molar-refractivity contribution in [3.63, 3.8) is 0 Å². The lowest BCUT2D eigenvalue weighted by Crippen LogP contribution is -2.10. The SMILES string of the molecule is C=C(C=[OH+])C(C)OCC. The highest BCUT2D eigenvalue weighted by molar-refractivity contribution is 5.74. The molecule has 0 fully saturated rings. The van der Waals surface area contributed by atoms with Gasteiger partial charge in [0, 0.05) is 6.61 Å². The smallest absolute Gasteiger partial charge is 0.310 e. The van der Waals surface area contributed by atoms with Crippen LogP contribution in [-0.4, -0.2) is 23.8 Å². The Kier molecular flexibility index (Phi) is 3.97. The average molecular weight is 129 g/mol. The third-order valence-electron chi connectivity index (χ3n) is 1.10. The van der Waals surface area contributed by atoms with Crippen molar-refractivity contribution < 1.29 is 9.53 Å². The van der Waals surface area contributed by atoms with Crippen molar-refractivity contribution in [2.24, 2.45) is 0 Å². The molecule has 0 aliphatic carbocycles. The molecule has 2 nitrogen and oxygen atoms in total. The summed E-state index contributed by atoms with van der Waals surface area (Å²) >= 11 is 0. The fraction of sp³-hybridized carbons (Fsp3) is 0.571. The standard InChI is InChI=1S/C7H12O2/c1-4-9-7(3)6(2)5-8/h5,7H,2,4H2,1,3H3/p+1. The van der Waals surface area contributed by atoms with Gasteiger partial charge in [-0.3, -0.25) is 4.79 Å². The van der Waals surface area contributed by atoms with E-state index in [0.29, 0.717) is 12.2 Å². The second-order valence-corrected chi connectivity index (χ2v) is 1.80. The predicted molar refractivity (Wildman–Crippen MR) is 38.2 cm³/mol. The second kappa shape index (κ2) is 4.27. The van der Waals surface area contributed by atoms with Gasteiger partial charge in [0.2, 0.25) is 0 Å². The largest absolute Gasteiger partial charge is 0.374 e. The quantitative estimate of drug-likeness (QED) is 0.318. The molecule has 9 heavy (non-hydrogen) atoms. The van der Waals surface area contributed by atoms with Gasteiger partial charge in [-0.25, -0.2) is 0 Å². The molecule has 0 aromatic rings. The Labute approximate surface area is 55.5 Å². The lowest BCUT2D eigenvalue weighted by atomic mass is 10.2. The Hall–Kier alpha value is -0.630. The highest BCUT2D eigenvalue weighted by atomic mass is 16.5. The summed E-state index contributed by atoms with van der Waals surface area (Å²) in [7, 11) is 0. The first-order chi connectivity index (χ1) is 4.22. The molecule has 1 N–H and O–H groups in total. The van der Waals surface area contributed by atoms with E-state index >= 15 is 0 Å². The van der Waals surface area contributed by atoms with E-state index in [-0.39, 0.29) is 6.10 Å². The summed E-state index contributed by atoms with van der Waals surface area (Å²) in [5.41, 5.74) is 0.608. The van der Waals surface area contributed by atoms with Gasteiger partial charge in [-0.2, -0.15) is 0 Å². The van der Waals surface area contributed by atoms with Crippen LogP contribution in [0.3, 0.4) is 0 Å². The summed E-state index contributed by atoms with van der Waals surface area (Å²) in [5, 5.41) is 0. The van der Waals surface area contributed by atoms with Crippen LogP contribution in [0, 0.1) is 0 Å². The van der Waals surface area contributed by atoms with Crippen LogP contribution in [0.2, 0.25) is 0 Å². The van der Waals surface area contributed by atoms with Crippen LogP contribution < -0.4 is 0 Å². The van der Waals surface area contributed by atoms with Crippen LogP contribution in [-0.2, 0) is 4.74 Å². The Morgan fingerprint density at radius 3 is 2.78 bits per heavy atom. The third kappa shape index (κ3) is 3.03. The van der Waals surface area contributed by atoms with Crippen molar-refractivity contribution in [2.75, 3.05) is 6.61 Å². The lowest BCUT2D eigenvalue weighted by molar-refractivity contribution is 0.105. The molecule has 0 aromatic carbocycles.